The predicted octanol–water partition coefficient (Wildman–Crippen LogP) is -7.60. The van der Waals surface area contributed by atoms with Gasteiger partial charge in [-0.25, -0.2) is 0 Å². The van der Waals surface area contributed by atoms with Gasteiger partial charge in [-0.3, -0.25) is 0 Å². The molecule has 15 unspecified atom stereocenters. The van der Waals surface area contributed by atoms with Gasteiger partial charge in [0.25, 0.3) is 0 Å². The molecule has 335 valence electrons. The smallest absolute Gasteiger partial charge is 0.187 e. The molecule has 0 aromatic rings. The van der Waals surface area contributed by atoms with Gasteiger partial charge in [0, 0.05) is 44.1 Å². The van der Waals surface area contributed by atoms with Crippen molar-refractivity contribution < 1.29 is 158 Å². The zero-order valence-electron chi connectivity index (χ0n) is 31.5. The predicted molar refractivity (Wildman–Crippen MR) is 180 cm³/mol. The van der Waals surface area contributed by atoms with Crippen LogP contribution >= 0.6 is 0 Å². The molecule has 5 rings (SSSR count). The molecule has 25 atom stereocenters. The van der Waals surface area contributed by atoms with E-state index in [1.54, 1.807) is 0 Å². The minimum Gasteiger partial charge on any atom is -0.668 e. The van der Waals surface area contributed by atoms with Crippen LogP contribution < -0.4 is 0 Å². The largest absolute Gasteiger partial charge is 0.668 e. The third kappa shape index (κ3) is 10.8. The zero-order valence-corrected chi connectivity index (χ0v) is 36.3. The van der Waals surface area contributed by atoms with Crippen molar-refractivity contribution in [3.05, 3.63) is 18.4 Å². The molecular weight excluding hydrogens is 1010 g/mol. The Morgan fingerprint density at radius 3 is 1.43 bits per heavy atom. The first kappa shape index (κ1) is 50.9. The molecule has 0 saturated carbocycles. The molecule has 5 aliphatic rings. The molecule has 14 N–H and O–H groups in total. The molecule has 24 nitrogen and oxygen atoms in total. The molecule has 0 spiro atoms. The van der Waals surface area contributed by atoms with E-state index in [0.29, 0.717) is 0 Å². The second-order valence-corrected chi connectivity index (χ2v) is 14.6. The summed E-state index contributed by atoms with van der Waals surface area (Å²) in [6.07, 6.45) is -39.4. The van der Waals surface area contributed by atoms with E-state index < -0.39 is 173 Å². The van der Waals surface area contributed by atoms with Crippen LogP contribution in [-0.4, -0.2) is 246 Å². The Morgan fingerprint density at radius 2 is 0.914 bits per heavy atom. The van der Waals surface area contributed by atoms with E-state index in [1.165, 1.54) is 19.9 Å². The van der Waals surface area contributed by atoms with Gasteiger partial charge in [0.1, 0.15) is 104 Å². The molecule has 1 radical (unpaired) electrons. The molecule has 5 aliphatic heterocycles. The zero-order chi connectivity index (χ0) is 42.0. The van der Waals surface area contributed by atoms with E-state index in [4.69, 9.17) is 47.4 Å². The molecule has 0 aromatic carbocycles. The normalized spacial score (nSPS) is 51.5. The average molecular weight is 1060 g/mol. The van der Waals surface area contributed by atoms with Gasteiger partial charge in [-0.15, -0.1) is 6.58 Å². The quantitative estimate of drug-likeness (QED) is 0.0719. The van der Waals surface area contributed by atoms with Crippen molar-refractivity contribution in [2.75, 3.05) is 26.4 Å². The van der Waals surface area contributed by atoms with Gasteiger partial charge < -0.3 is 119 Å². The Kier molecular flexibility index (Phi) is 19.5. The van der Waals surface area contributed by atoms with E-state index in [0.717, 1.165) is 0 Å². The topological polar surface area (TPSA) is 379 Å². The fraction of sp³-hybridized carbons (Fsp3) is 0.939. The van der Waals surface area contributed by atoms with Crippen molar-refractivity contribution in [1.29, 1.82) is 0 Å². The number of hydrogen-bond donors (Lipinski definition) is 13. The van der Waals surface area contributed by atoms with Crippen molar-refractivity contribution >= 4 is 0 Å². The van der Waals surface area contributed by atoms with Gasteiger partial charge in [0.05, 0.1) is 44.7 Å². The second kappa shape index (κ2) is 22.2. The van der Waals surface area contributed by atoms with Crippen LogP contribution in [0.3, 0.4) is 0 Å². The summed E-state index contributed by atoms with van der Waals surface area (Å²) in [7, 11) is 0. The number of ether oxygens (including phenoxy) is 10. The van der Waals surface area contributed by atoms with Gasteiger partial charge in [0.15, 0.2) is 25.2 Å². The molecule has 0 aliphatic carbocycles. The van der Waals surface area contributed by atoms with Gasteiger partial charge in [-0.1, -0.05) is 12.1 Å². The van der Waals surface area contributed by atoms with Crippen LogP contribution in [0, 0.1) is 44.1 Å². The molecular formula is C33H56AcNO23-. The summed E-state index contributed by atoms with van der Waals surface area (Å²) < 4.78 is 57.5. The summed E-state index contributed by atoms with van der Waals surface area (Å²) in [5.41, 5.74) is 9.24. The molecule has 5 fully saturated rings. The van der Waals surface area contributed by atoms with Crippen LogP contribution in [0.25, 0.3) is 5.73 Å². The molecule has 0 aromatic heterocycles. The van der Waals surface area contributed by atoms with E-state index in [-0.39, 0.29) is 50.7 Å². The Bertz CT molecular complexity index is 1270. The van der Waals surface area contributed by atoms with Gasteiger partial charge in [-0.05, 0) is 13.8 Å². The van der Waals surface area contributed by atoms with Crippen LogP contribution in [0.1, 0.15) is 13.8 Å². The van der Waals surface area contributed by atoms with Crippen LogP contribution in [-0.2, 0) is 47.4 Å². The molecule has 0 bridgehead atoms. The van der Waals surface area contributed by atoms with E-state index in [9.17, 15) is 72.1 Å². The minimum absolute atomic E-state index is 0. The maximum Gasteiger partial charge on any atom is 0.187 e. The molecule has 5 heterocycles. The van der Waals surface area contributed by atoms with Crippen LogP contribution in [0.4, 0.5) is 0 Å². The van der Waals surface area contributed by atoms with Crippen molar-refractivity contribution in [2.24, 2.45) is 0 Å². The first-order valence-corrected chi connectivity index (χ1v) is 18.4. The van der Waals surface area contributed by atoms with Crippen LogP contribution in [0.2, 0.25) is 0 Å². The first-order valence-electron chi connectivity index (χ1n) is 18.4. The van der Waals surface area contributed by atoms with Crippen molar-refractivity contribution in [2.45, 2.75) is 167 Å². The maximum atomic E-state index is 11.2. The number of aliphatic hydroxyl groups excluding tert-OH is 13. The summed E-state index contributed by atoms with van der Waals surface area (Å²) >= 11 is 0. The Morgan fingerprint density at radius 1 is 0.466 bits per heavy atom. The Hall–Kier alpha value is 0.222. The summed E-state index contributed by atoms with van der Waals surface area (Å²) in [5.74, 6) is 0. The number of rotatable bonds is 14. The molecule has 58 heavy (non-hydrogen) atoms. The van der Waals surface area contributed by atoms with Crippen molar-refractivity contribution in [3.8, 4) is 0 Å². The third-order valence-electron chi connectivity index (χ3n) is 10.6. The van der Waals surface area contributed by atoms with Gasteiger partial charge in [0.2, 0.25) is 0 Å². The molecule has 5 saturated heterocycles. The average Bonchev–Trinajstić information content (AvgIpc) is 3.19. The fourth-order valence-electron chi connectivity index (χ4n) is 7.19. The summed E-state index contributed by atoms with van der Waals surface area (Å²) in [6.45, 7) is 3.47. The standard InChI is InChI=1S/C33H56NO23.Ac/c1-4-5-48-30-24(47)27(18(41)12(7-36)51-30)56-29-14(34)26(55-31-22(45)19(42)15(38)9(2)49-31)25(13(8-37)53-29)54-33-28(21(44)17(40)11(6-35)52-33)57-32-23(46)20(43)16(39)10(3)50-32;/h4,9-47H,1,5-8H2,2-3H3;/q-1;/t9?,10?,11?,12?,13?,14?,15-,16-,17+,18+,19?,20?,21?,22?,23?,24?,25-,26?,27?,28?,29+,30-,31+,32+,33+;/m1./s1. The van der Waals surface area contributed by atoms with Gasteiger partial charge >= 0.3 is 0 Å². The molecule has 0 amide bonds. The first-order chi connectivity index (χ1) is 27.0. The maximum absolute atomic E-state index is 11.2. The fourth-order valence-corrected chi connectivity index (χ4v) is 7.19. The SMILES string of the molecule is C=CCO[C@@H]1OC(CO)[C@H](O)C(O[C@@H]2OC(CO)[C@@H](O[C@@H]3OC(CO)[C@H](O)C(O)C3O[C@@H]3OC(C)[C@@H](O)C(O)C3O)C(O[C@@H]3OC(C)[C@@H](O)C(O)C3O)C2[NH-])C1O.[Ac]. The van der Waals surface area contributed by atoms with Gasteiger partial charge in [-0.2, -0.15) is 0 Å². The Balaban J connectivity index is 0.00000744. The number of aliphatic hydroxyl groups is 13. The summed E-state index contributed by atoms with van der Waals surface area (Å²) in [5, 5.41) is 137. The second-order valence-electron chi connectivity index (χ2n) is 14.6. The number of hydrogen-bond acceptors (Lipinski definition) is 23. The van der Waals surface area contributed by atoms with Crippen LogP contribution in [0.5, 0.6) is 0 Å². The van der Waals surface area contributed by atoms with E-state index in [2.05, 4.69) is 6.58 Å². The van der Waals surface area contributed by atoms with Crippen molar-refractivity contribution in [3.63, 3.8) is 0 Å². The monoisotopic (exact) mass is 1060 g/mol. The minimum atomic E-state index is -1.98. The molecule has 25 heteroatoms. The third-order valence-corrected chi connectivity index (χ3v) is 10.6. The van der Waals surface area contributed by atoms with Crippen molar-refractivity contribution in [1.82, 2.24) is 0 Å². The summed E-state index contributed by atoms with van der Waals surface area (Å²) in [6, 6.07) is -1.87. The van der Waals surface area contributed by atoms with E-state index in [1.807, 2.05) is 0 Å². The summed E-state index contributed by atoms with van der Waals surface area (Å²) in [4.78, 5) is 0. The van der Waals surface area contributed by atoms with Crippen LogP contribution in [0.15, 0.2) is 12.7 Å². The number of nitrogens with one attached hydrogen (secondary N) is 1. The Labute approximate surface area is 368 Å². The van der Waals surface area contributed by atoms with E-state index >= 15 is 0 Å².